The molecule has 2 aliphatic rings. The third-order valence-corrected chi connectivity index (χ3v) is 8.23. The predicted molar refractivity (Wildman–Crippen MR) is 127 cm³/mol. The minimum absolute atomic E-state index is 0.0505. The number of methoxy groups -OCH3 is 1. The molecule has 35 heavy (non-hydrogen) atoms. The van der Waals surface area contributed by atoms with Crippen LogP contribution in [0.15, 0.2) is 82.4 Å². The third-order valence-electron chi connectivity index (χ3n) is 5.35. The van der Waals surface area contributed by atoms with Crippen molar-refractivity contribution in [2.24, 2.45) is 0 Å². The number of fused-ring (bicyclic) bond motifs is 2. The van der Waals surface area contributed by atoms with E-state index in [4.69, 9.17) is 18.9 Å². The highest BCUT2D eigenvalue weighted by atomic mass is 32.2. The number of hydrogen-bond acceptors (Lipinski definition) is 8. The molecule has 0 unspecified atom stereocenters. The van der Waals surface area contributed by atoms with Crippen molar-refractivity contribution in [3.63, 3.8) is 0 Å². The first-order valence-corrected chi connectivity index (χ1v) is 12.6. The molecule has 5 rings (SSSR count). The summed E-state index contributed by atoms with van der Waals surface area (Å²) in [7, 11) is -2.60. The maximum atomic E-state index is 13.6. The van der Waals surface area contributed by atoms with Gasteiger partial charge in [-0.15, -0.1) is 0 Å². The summed E-state index contributed by atoms with van der Waals surface area (Å²) in [5, 5.41) is 9.51. The summed E-state index contributed by atoms with van der Waals surface area (Å²) < 4.78 is 49.3. The monoisotopic (exact) mass is 513 g/mol. The lowest BCUT2D eigenvalue weighted by molar-refractivity contribution is 0.101. The van der Waals surface area contributed by atoms with Crippen molar-refractivity contribution in [1.82, 2.24) is 4.31 Å². The zero-order valence-corrected chi connectivity index (χ0v) is 20.0. The molecule has 0 fully saturated rings. The molecule has 0 amide bonds. The van der Waals surface area contributed by atoms with Gasteiger partial charge < -0.3 is 24.1 Å². The Kier molecular flexibility index (Phi) is 5.95. The number of sulfonamides is 1. The van der Waals surface area contributed by atoms with Crippen molar-refractivity contribution in [2.75, 3.05) is 13.9 Å². The van der Waals surface area contributed by atoms with Gasteiger partial charge in [0.2, 0.25) is 12.7 Å². The Balaban J connectivity index is 1.64. The number of ether oxygens (including phenoxy) is 4. The van der Waals surface area contributed by atoms with Crippen LogP contribution in [-0.4, -0.2) is 37.9 Å². The number of carbonyl (C=O) groups is 1. The number of benzene rings is 3. The Morgan fingerprint density at radius 2 is 1.80 bits per heavy atom. The van der Waals surface area contributed by atoms with Gasteiger partial charge in [-0.2, -0.15) is 0 Å². The van der Waals surface area contributed by atoms with Crippen LogP contribution in [0.2, 0.25) is 0 Å². The zero-order chi connectivity index (χ0) is 24.6. The standard InChI is InChI=1S/C24H19NO8S2/c1-30-16-8-6-15(7-9-16)13-25-23(33-24(26)27)22(18-4-2-3-5-21(18)35(25,28)29)34-17-10-11-19-20(12-17)32-14-31-19/h2-12H,13-14H2,1H3,(H,26,27). The summed E-state index contributed by atoms with van der Waals surface area (Å²) in [6, 6.07) is 18.5. The lowest BCUT2D eigenvalue weighted by Crippen LogP contribution is -2.35. The first-order valence-electron chi connectivity index (χ1n) is 10.3. The van der Waals surface area contributed by atoms with Gasteiger partial charge in [0, 0.05) is 10.5 Å². The Bertz CT molecular complexity index is 1430. The molecule has 1 N–H and O–H groups in total. The molecule has 3 aromatic carbocycles. The smallest absolute Gasteiger partial charge is 0.497 e. The molecule has 9 nitrogen and oxygen atoms in total. The van der Waals surface area contributed by atoms with Crippen LogP contribution in [0.3, 0.4) is 0 Å². The largest absolute Gasteiger partial charge is 0.512 e. The van der Waals surface area contributed by atoms with Gasteiger partial charge in [0.05, 0.1) is 23.5 Å². The number of hydrogen-bond donors (Lipinski definition) is 1. The minimum atomic E-state index is -4.13. The van der Waals surface area contributed by atoms with Crippen molar-refractivity contribution >= 4 is 32.8 Å². The lowest BCUT2D eigenvalue weighted by atomic mass is 10.2. The van der Waals surface area contributed by atoms with E-state index >= 15 is 0 Å². The first kappa shape index (κ1) is 22.9. The molecule has 3 aromatic rings. The van der Waals surface area contributed by atoms with Crippen LogP contribution >= 0.6 is 11.8 Å². The molecule has 0 aromatic heterocycles. The number of thioether (sulfide) groups is 1. The topological polar surface area (TPSA) is 112 Å². The van der Waals surface area contributed by atoms with Crippen molar-refractivity contribution in [2.45, 2.75) is 16.3 Å². The van der Waals surface area contributed by atoms with E-state index in [0.29, 0.717) is 38.2 Å². The van der Waals surface area contributed by atoms with Crippen molar-refractivity contribution < 1.29 is 37.3 Å². The van der Waals surface area contributed by atoms with Crippen LogP contribution < -0.4 is 14.2 Å². The molecule has 180 valence electrons. The predicted octanol–water partition coefficient (Wildman–Crippen LogP) is 4.74. The second kappa shape index (κ2) is 9.08. The summed E-state index contributed by atoms with van der Waals surface area (Å²) in [4.78, 5) is 12.8. The molecule has 0 bridgehead atoms. The molecule has 0 atom stereocenters. The summed E-state index contributed by atoms with van der Waals surface area (Å²) >= 11 is 1.17. The molecule has 0 saturated heterocycles. The highest BCUT2D eigenvalue weighted by Gasteiger charge is 2.39. The third kappa shape index (κ3) is 4.35. The van der Waals surface area contributed by atoms with Crippen LogP contribution in [0.1, 0.15) is 11.1 Å². The second-order valence-electron chi connectivity index (χ2n) is 7.48. The van der Waals surface area contributed by atoms with Gasteiger partial charge in [0.15, 0.2) is 11.5 Å². The summed E-state index contributed by atoms with van der Waals surface area (Å²) in [6.45, 7) is -0.0370. The van der Waals surface area contributed by atoms with E-state index < -0.39 is 16.2 Å². The maximum Gasteiger partial charge on any atom is 0.512 e. The Morgan fingerprint density at radius 3 is 2.54 bits per heavy atom. The zero-order valence-electron chi connectivity index (χ0n) is 18.3. The fourth-order valence-electron chi connectivity index (χ4n) is 3.73. The molecule has 0 spiro atoms. The fraction of sp³-hybridized carbons (Fsp3) is 0.125. The fourth-order valence-corrected chi connectivity index (χ4v) is 6.51. The van der Waals surface area contributed by atoms with Gasteiger partial charge in [-0.1, -0.05) is 42.1 Å². The van der Waals surface area contributed by atoms with Gasteiger partial charge in [-0.25, -0.2) is 17.5 Å². The minimum Gasteiger partial charge on any atom is -0.497 e. The maximum absolute atomic E-state index is 13.6. The van der Waals surface area contributed by atoms with E-state index in [0.717, 1.165) is 4.31 Å². The molecule has 2 aliphatic heterocycles. The SMILES string of the molecule is COc1ccc(CN2C(OC(=O)O)=C(Sc3ccc4c(c3)OCO4)c3ccccc3S2(=O)=O)cc1. The van der Waals surface area contributed by atoms with Crippen LogP contribution in [0.5, 0.6) is 17.2 Å². The highest BCUT2D eigenvalue weighted by Crippen LogP contribution is 2.47. The molecule has 0 radical (unpaired) electrons. The van der Waals surface area contributed by atoms with Gasteiger partial charge in [0.1, 0.15) is 5.75 Å². The van der Waals surface area contributed by atoms with Crippen LogP contribution in [0.4, 0.5) is 4.79 Å². The second-order valence-corrected chi connectivity index (χ2v) is 10.4. The Labute approximate surface area is 205 Å². The molecule has 0 aliphatic carbocycles. The molecular formula is C24H19NO8S2. The average molecular weight is 514 g/mol. The number of nitrogens with zero attached hydrogens (tertiary/aromatic N) is 1. The molecule has 0 saturated carbocycles. The molecule has 2 heterocycles. The Hall–Kier alpha value is -3.83. The van der Waals surface area contributed by atoms with Crippen molar-refractivity contribution in [3.8, 4) is 17.2 Å². The van der Waals surface area contributed by atoms with E-state index in [1.165, 1.54) is 24.9 Å². The Morgan fingerprint density at radius 1 is 1.06 bits per heavy atom. The van der Waals surface area contributed by atoms with E-state index in [9.17, 15) is 18.3 Å². The lowest BCUT2D eigenvalue weighted by Gasteiger charge is -2.32. The summed E-state index contributed by atoms with van der Waals surface area (Å²) in [5.74, 6) is 1.45. The van der Waals surface area contributed by atoms with Gasteiger partial charge in [-0.3, -0.25) is 0 Å². The van der Waals surface area contributed by atoms with Gasteiger partial charge in [0.25, 0.3) is 10.0 Å². The summed E-state index contributed by atoms with van der Waals surface area (Å²) in [6.07, 6.45) is -1.63. The van der Waals surface area contributed by atoms with E-state index in [-0.39, 0.29) is 24.1 Å². The number of rotatable bonds is 6. The molecular weight excluding hydrogens is 494 g/mol. The van der Waals surface area contributed by atoms with E-state index in [1.54, 1.807) is 60.7 Å². The number of carboxylic acid groups (broad SMARTS) is 1. The van der Waals surface area contributed by atoms with Gasteiger partial charge in [-0.05, 0) is 42.0 Å². The van der Waals surface area contributed by atoms with Crippen molar-refractivity contribution in [1.29, 1.82) is 0 Å². The van der Waals surface area contributed by atoms with E-state index in [1.807, 2.05) is 0 Å². The quantitative estimate of drug-likeness (QED) is 0.467. The summed E-state index contributed by atoms with van der Waals surface area (Å²) in [5.41, 5.74) is 0.963. The van der Waals surface area contributed by atoms with Crippen LogP contribution in [-0.2, 0) is 21.3 Å². The first-order chi connectivity index (χ1) is 16.9. The van der Waals surface area contributed by atoms with E-state index in [2.05, 4.69) is 0 Å². The van der Waals surface area contributed by atoms with Gasteiger partial charge >= 0.3 is 6.16 Å². The normalized spacial score (nSPS) is 15.5. The van der Waals surface area contributed by atoms with Crippen molar-refractivity contribution in [3.05, 3.63) is 83.7 Å². The van der Waals surface area contributed by atoms with Crippen LogP contribution in [0.25, 0.3) is 4.91 Å². The average Bonchev–Trinajstić information content (AvgIpc) is 3.32. The van der Waals surface area contributed by atoms with Crippen LogP contribution in [0, 0.1) is 0 Å². The highest BCUT2D eigenvalue weighted by molar-refractivity contribution is 8.08. The molecule has 11 heteroatoms.